The van der Waals surface area contributed by atoms with Crippen LogP contribution in [0.3, 0.4) is 0 Å². The van der Waals surface area contributed by atoms with Gasteiger partial charge < -0.3 is 30.9 Å². The summed E-state index contributed by atoms with van der Waals surface area (Å²) >= 11 is 1.48. The molecule has 35 heavy (non-hydrogen) atoms. The highest BCUT2D eigenvalue weighted by Gasteiger charge is 2.60. The zero-order valence-corrected chi connectivity index (χ0v) is 21.7. The van der Waals surface area contributed by atoms with E-state index in [2.05, 4.69) is 5.32 Å². The summed E-state index contributed by atoms with van der Waals surface area (Å²) in [5, 5.41) is 13.3. The van der Waals surface area contributed by atoms with Crippen LogP contribution in [-0.4, -0.2) is 107 Å². The number of carboxylic acids is 1. The van der Waals surface area contributed by atoms with E-state index in [9.17, 15) is 24.3 Å². The second kappa shape index (κ2) is 10.2. The van der Waals surface area contributed by atoms with Crippen molar-refractivity contribution in [1.82, 2.24) is 20.0 Å². The molecule has 1 unspecified atom stereocenters. The van der Waals surface area contributed by atoms with Crippen molar-refractivity contribution in [3.05, 3.63) is 10.6 Å². The normalized spacial score (nSPS) is 33.4. The number of thioether (sulfide) groups is 1. The number of carboxylic acid groups (broad SMARTS) is 1. The Morgan fingerprint density at radius 2 is 2.03 bits per heavy atom. The third kappa shape index (κ3) is 5.00. The van der Waals surface area contributed by atoms with Gasteiger partial charge >= 0.3 is 5.97 Å². The maximum absolute atomic E-state index is 13.1. The van der Waals surface area contributed by atoms with Crippen molar-refractivity contribution in [1.29, 1.82) is 0 Å². The zero-order valence-electron chi connectivity index (χ0n) is 20.9. The van der Waals surface area contributed by atoms with Gasteiger partial charge in [-0.1, -0.05) is 13.8 Å². The Labute approximate surface area is 210 Å². The molecule has 0 radical (unpaired) electrons. The predicted molar refractivity (Wildman–Crippen MR) is 132 cm³/mol. The van der Waals surface area contributed by atoms with Crippen molar-refractivity contribution < 1.29 is 24.3 Å². The van der Waals surface area contributed by atoms with E-state index in [-0.39, 0.29) is 64.4 Å². The number of amides is 2. The molecule has 4 N–H and O–H groups in total. The summed E-state index contributed by atoms with van der Waals surface area (Å²) in [7, 11) is 3.67. The molecule has 0 aromatic rings. The van der Waals surface area contributed by atoms with Crippen LogP contribution in [-0.2, 0) is 19.2 Å². The van der Waals surface area contributed by atoms with Crippen molar-refractivity contribution in [3.63, 3.8) is 0 Å². The standard InChI is InChI=1S/C24H37N5O5S/c1-12(7-15(30)11-27(3)4)18-19-13(2)21(20(24(33)34)29(19)23(18)32)35-16-8-17(26-9-16)22(31)28-6-5-14(25)10-28/h12-14,16-19,26H,5-11,25H2,1-4H3,(H,33,34)/t12-,13+,14-,16-,17-,18+,19?/m0/s1. The number of nitrogens with one attached hydrogen (secondary N) is 1. The maximum Gasteiger partial charge on any atom is 0.353 e. The molecule has 4 aliphatic rings. The molecule has 0 spiro atoms. The van der Waals surface area contributed by atoms with E-state index in [0.717, 1.165) is 6.42 Å². The number of likely N-dealkylation sites (tertiary alicyclic amines) is 1. The van der Waals surface area contributed by atoms with Crippen LogP contribution in [0.4, 0.5) is 0 Å². The smallest absolute Gasteiger partial charge is 0.353 e. The van der Waals surface area contributed by atoms with Crippen molar-refractivity contribution in [2.24, 2.45) is 23.5 Å². The Hall–Kier alpha value is -1.95. The largest absolute Gasteiger partial charge is 0.477 e. The van der Waals surface area contributed by atoms with Crippen molar-refractivity contribution >= 4 is 35.3 Å². The molecule has 4 heterocycles. The number of ketones is 1. The second-order valence-corrected chi connectivity index (χ2v) is 12.1. The number of likely N-dealkylation sites (N-methyl/N-ethyl adjacent to an activating group) is 1. The second-order valence-electron chi connectivity index (χ2n) is 10.8. The highest BCUT2D eigenvalue weighted by Crippen LogP contribution is 2.53. The van der Waals surface area contributed by atoms with Gasteiger partial charge in [-0.05, 0) is 32.9 Å². The van der Waals surface area contributed by atoms with E-state index >= 15 is 0 Å². The minimum Gasteiger partial charge on any atom is -0.477 e. The summed E-state index contributed by atoms with van der Waals surface area (Å²) in [6, 6.07) is -0.502. The van der Waals surface area contributed by atoms with Crippen molar-refractivity contribution in [2.45, 2.75) is 56.5 Å². The average molecular weight is 508 g/mol. The molecule has 194 valence electrons. The summed E-state index contributed by atoms with van der Waals surface area (Å²) in [4.78, 5) is 56.2. The molecule has 10 nitrogen and oxygen atoms in total. The van der Waals surface area contributed by atoms with Crippen LogP contribution < -0.4 is 11.1 Å². The number of hydrogen-bond acceptors (Lipinski definition) is 8. The topological polar surface area (TPSA) is 136 Å². The monoisotopic (exact) mass is 507 g/mol. The van der Waals surface area contributed by atoms with E-state index in [4.69, 9.17) is 5.73 Å². The van der Waals surface area contributed by atoms with Crippen LogP contribution in [0.15, 0.2) is 10.6 Å². The van der Waals surface area contributed by atoms with Crippen LogP contribution in [0.5, 0.6) is 0 Å². The van der Waals surface area contributed by atoms with Gasteiger partial charge in [0.05, 0.1) is 24.5 Å². The van der Waals surface area contributed by atoms with Gasteiger partial charge in [-0.15, -0.1) is 11.8 Å². The lowest BCUT2D eigenvalue weighted by Gasteiger charge is -2.47. The molecule has 0 aromatic heterocycles. The molecule has 0 saturated carbocycles. The van der Waals surface area contributed by atoms with E-state index in [1.54, 1.807) is 0 Å². The fourth-order valence-electron chi connectivity index (χ4n) is 6.04. The predicted octanol–water partition coefficient (Wildman–Crippen LogP) is -0.0605. The van der Waals surface area contributed by atoms with Gasteiger partial charge in [-0.3, -0.25) is 14.4 Å². The first-order valence-corrected chi connectivity index (χ1v) is 13.3. The molecule has 4 aliphatic heterocycles. The summed E-state index contributed by atoms with van der Waals surface area (Å²) in [5.41, 5.74) is 6.02. The lowest BCUT2D eigenvalue weighted by Crippen LogP contribution is -2.62. The lowest BCUT2D eigenvalue weighted by molar-refractivity contribution is -0.160. The molecular formula is C24H37N5O5S. The Kier molecular flexibility index (Phi) is 7.61. The van der Waals surface area contributed by atoms with Crippen molar-refractivity contribution in [2.75, 3.05) is 40.3 Å². The zero-order chi connectivity index (χ0) is 25.6. The van der Waals surface area contributed by atoms with Crippen LogP contribution in [0.25, 0.3) is 0 Å². The number of Topliss-reactive ketones (excluding diaryl/α,β-unsaturated/α-hetero) is 1. The number of β-lactam (4-membered cyclic amide) rings is 1. The number of rotatable bonds is 9. The minimum absolute atomic E-state index is 0.0312. The minimum atomic E-state index is -1.10. The number of hydrogen-bond donors (Lipinski definition) is 3. The summed E-state index contributed by atoms with van der Waals surface area (Å²) < 4.78 is 0. The molecule has 0 bridgehead atoms. The van der Waals surface area contributed by atoms with Crippen LogP contribution >= 0.6 is 11.8 Å². The summed E-state index contributed by atoms with van der Waals surface area (Å²) in [5.74, 6) is -1.82. The Balaban J connectivity index is 1.42. The van der Waals surface area contributed by atoms with Gasteiger partial charge in [0, 0.05) is 48.2 Å². The summed E-state index contributed by atoms with van der Waals surface area (Å²) in [6.07, 6.45) is 1.72. The molecule has 4 rings (SSSR count). The van der Waals surface area contributed by atoms with Crippen molar-refractivity contribution in [3.8, 4) is 0 Å². The third-order valence-electron chi connectivity index (χ3n) is 7.67. The fraction of sp³-hybridized carbons (Fsp3) is 0.750. The molecular weight excluding hydrogens is 470 g/mol. The maximum atomic E-state index is 13.1. The van der Waals surface area contributed by atoms with E-state index < -0.39 is 5.97 Å². The van der Waals surface area contributed by atoms with Gasteiger partial charge in [0.2, 0.25) is 11.8 Å². The quantitative estimate of drug-likeness (QED) is 0.367. The highest BCUT2D eigenvalue weighted by molar-refractivity contribution is 8.03. The Morgan fingerprint density at radius 1 is 1.31 bits per heavy atom. The van der Waals surface area contributed by atoms with Gasteiger partial charge in [0.25, 0.3) is 0 Å². The number of carbonyl (C=O) groups is 4. The molecule has 7 atom stereocenters. The summed E-state index contributed by atoms with van der Waals surface area (Å²) in [6.45, 7) is 6.06. The van der Waals surface area contributed by atoms with E-state index in [1.165, 1.54) is 16.7 Å². The fourth-order valence-corrected chi connectivity index (χ4v) is 7.52. The molecule has 0 aliphatic carbocycles. The lowest BCUT2D eigenvalue weighted by atomic mass is 9.73. The number of nitrogens with two attached hydrogens (primary N) is 1. The van der Waals surface area contributed by atoms with Gasteiger partial charge in [0.15, 0.2) is 0 Å². The molecule has 3 saturated heterocycles. The first-order chi connectivity index (χ1) is 16.5. The SMILES string of the molecule is C[C@H]1C(S[C@@H]2CN[C@H](C(=O)N3CC[C@H](N)C3)C2)=C(C(=O)O)N2C(=O)[C@H]([C@@H](C)CC(=O)CN(C)C)C12. The molecule has 2 amide bonds. The number of carbonyl (C=O) groups excluding carboxylic acids is 3. The van der Waals surface area contributed by atoms with Crippen LogP contribution in [0.1, 0.15) is 33.1 Å². The van der Waals surface area contributed by atoms with Gasteiger partial charge in [-0.2, -0.15) is 0 Å². The number of aliphatic carboxylic acids is 1. The van der Waals surface area contributed by atoms with Gasteiger partial charge in [0.1, 0.15) is 11.5 Å². The number of nitrogens with zero attached hydrogens (tertiary/aromatic N) is 3. The Bertz CT molecular complexity index is 939. The molecule has 11 heteroatoms. The van der Waals surface area contributed by atoms with Crippen LogP contribution in [0, 0.1) is 17.8 Å². The highest BCUT2D eigenvalue weighted by atomic mass is 32.2. The number of fused-ring (bicyclic) bond motifs is 1. The van der Waals surface area contributed by atoms with Gasteiger partial charge in [-0.25, -0.2) is 4.79 Å². The van der Waals surface area contributed by atoms with E-state index in [1.807, 2.05) is 37.7 Å². The molecule has 0 aromatic carbocycles. The Morgan fingerprint density at radius 3 is 2.63 bits per heavy atom. The first-order valence-electron chi connectivity index (χ1n) is 12.4. The first kappa shape index (κ1) is 26.1. The van der Waals surface area contributed by atoms with Crippen LogP contribution in [0.2, 0.25) is 0 Å². The molecule has 3 fully saturated rings. The van der Waals surface area contributed by atoms with E-state index in [0.29, 0.717) is 43.9 Å². The third-order valence-corrected chi connectivity index (χ3v) is 9.18. The average Bonchev–Trinajstić information content (AvgIpc) is 3.45.